The molecule has 0 unspecified atom stereocenters. The van der Waals surface area contributed by atoms with Gasteiger partial charge in [0.2, 0.25) is 0 Å². The van der Waals surface area contributed by atoms with E-state index in [4.69, 9.17) is 11.6 Å². The number of benzene rings is 1. The van der Waals surface area contributed by atoms with Gasteiger partial charge in [0.25, 0.3) is 0 Å². The maximum Gasteiger partial charge on any atom is 0.0637 e. The number of nitrogens with zero attached hydrogens (tertiary/aromatic N) is 1. The first-order valence-corrected chi connectivity index (χ1v) is 6.82. The van der Waals surface area contributed by atoms with Gasteiger partial charge in [0.1, 0.15) is 0 Å². The Hall–Kier alpha value is -0.730. The Morgan fingerprint density at radius 2 is 2.06 bits per heavy atom. The molecule has 1 aromatic carbocycles. The third-order valence-corrected chi connectivity index (χ3v) is 3.85. The van der Waals surface area contributed by atoms with Crippen molar-refractivity contribution in [2.45, 2.75) is 32.7 Å². The minimum absolute atomic E-state index is 0.567. The van der Waals surface area contributed by atoms with Crippen molar-refractivity contribution in [3.8, 4) is 0 Å². The van der Waals surface area contributed by atoms with Crippen molar-refractivity contribution < 1.29 is 0 Å². The molecule has 2 rings (SSSR count). The quantitative estimate of drug-likeness (QED) is 0.885. The third kappa shape index (κ3) is 3.36. The van der Waals surface area contributed by atoms with Crippen molar-refractivity contribution >= 4 is 17.3 Å². The zero-order valence-corrected chi connectivity index (χ0v) is 11.4. The predicted molar refractivity (Wildman–Crippen MR) is 74.9 cm³/mol. The predicted octanol–water partition coefficient (Wildman–Crippen LogP) is 3.54. The van der Waals surface area contributed by atoms with Crippen LogP contribution in [-0.4, -0.2) is 30.6 Å². The topological polar surface area (TPSA) is 15.3 Å². The molecule has 94 valence electrons. The molecule has 1 aliphatic rings. The highest BCUT2D eigenvalue weighted by Crippen LogP contribution is 2.25. The van der Waals surface area contributed by atoms with Crippen molar-refractivity contribution in [1.29, 1.82) is 0 Å². The Morgan fingerprint density at radius 1 is 1.35 bits per heavy atom. The Labute approximate surface area is 109 Å². The summed E-state index contributed by atoms with van der Waals surface area (Å²) < 4.78 is 0. The van der Waals surface area contributed by atoms with Crippen molar-refractivity contribution in [2.24, 2.45) is 0 Å². The van der Waals surface area contributed by atoms with E-state index in [2.05, 4.69) is 30.1 Å². The number of piperidine rings is 1. The van der Waals surface area contributed by atoms with Gasteiger partial charge < -0.3 is 10.2 Å². The van der Waals surface area contributed by atoms with Crippen LogP contribution in [0.5, 0.6) is 0 Å². The molecule has 0 spiro atoms. The normalized spacial score (nSPS) is 18.3. The van der Waals surface area contributed by atoms with Gasteiger partial charge in [-0.05, 0) is 44.0 Å². The number of rotatable bonds is 3. The number of halogens is 1. The molecule has 2 nitrogen and oxygen atoms in total. The van der Waals surface area contributed by atoms with E-state index in [1.165, 1.54) is 31.5 Å². The van der Waals surface area contributed by atoms with E-state index in [1.807, 2.05) is 12.1 Å². The summed E-state index contributed by atoms with van der Waals surface area (Å²) in [5, 5.41) is 4.40. The smallest absolute Gasteiger partial charge is 0.0637 e. The van der Waals surface area contributed by atoms with Gasteiger partial charge in [-0.3, -0.25) is 0 Å². The van der Waals surface area contributed by atoms with E-state index in [1.54, 1.807) is 0 Å². The van der Waals surface area contributed by atoms with Crippen LogP contribution in [0, 0.1) is 6.92 Å². The SMILES string of the molecule is CCN1CCC(Nc2cc(C)ccc2Cl)CC1. The lowest BCUT2D eigenvalue weighted by Gasteiger charge is -2.32. The number of likely N-dealkylation sites (tertiary alicyclic amines) is 1. The lowest BCUT2D eigenvalue weighted by Crippen LogP contribution is -2.38. The molecule has 0 bridgehead atoms. The summed E-state index contributed by atoms with van der Waals surface area (Å²) in [5.41, 5.74) is 2.34. The molecule has 1 fully saturated rings. The summed E-state index contributed by atoms with van der Waals surface area (Å²) in [6.45, 7) is 7.87. The minimum Gasteiger partial charge on any atom is -0.381 e. The van der Waals surface area contributed by atoms with E-state index in [9.17, 15) is 0 Å². The summed E-state index contributed by atoms with van der Waals surface area (Å²) in [7, 11) is 0. The molecule has 1 aliphatic heterocycles. The second-order valence-electron chi connectivity index (χ2n) is 4.84. The first-order valence-electron chi connectivity index (χ1n) is 6.44. The molecule has 1 heterocycles. The van der Waals surface area contributed by atoms with Crippen molar-refractivity contribution in [1.82, 2.24) is 4.90 Å². The maximum absolute atomic E-state index is 6.20. The molecule has 0 aliphatic carbocycles. The van der Waals surface area contributed by atoms with Gasteiger partial charge >= 0.3 is 0 Å². The lowest BCUT2D eigenvalue weighted by atomic mass is 10.0. The summed E-state index contributed by atoms with van der Waals surface area (Å²) in [6.07, 6.45) is 2.41. The lowest BCUT2D eigenvalue weighted by molar-refractivity contribution is 0.229. The van der Waals surface area contributed by atoms with E-state index in [-0.39, 0.29) is 0 Å². The second kappa shape index (κ2) is 5.74. The Kier molecular flexibility index (Phi) is 4.30. The van der Waals surface area contributed by atoms with Crippen LogP contribution in [0.1, 0.15) is 25.3 Å². The fourth-order valence-electron chi connectivity index (χ4n) is 2.36. The van der Waals surface area contributed by atoms with Crippen LogP contribution in [0.3, 0.4) is 0 Å². The van der Waals surface area contributed by atoms with E-state index >= 15 is 0 Å². The molecule has 0 amide bonds. The Balaban J connectivity index is 1.95. The molecule has 1 N–H and O–H groups in total. The molecule has 17 heavy (non-hydrogen) atoms. The summed E-state index contributed by atoms with van der Waals surface area (Å²) in [4.78, 5) is 2.50. The summed E-state index contributed by atoms with van der Waals surface area (Å²) in [6, 6.07) is 6.72. The highest BCUT2D eigenvalue weighted by atomic mass is 35.5. The second-order valence-corrected chi connectivity index (χ2v) is 5.24. The Bertz CT molecular complexity index is 370. The van der Waals surface area contributed by atoms with Crippen LogP contribution in [0.25, 0.3) is 0 Å². The average Bonchev–Trinajstić information content (AvgIpc) is 2.35. The van der Waals surface area contributed by atoms with Crippen LogP contribution in [-0.2, 0) is 0 Å². The molecule has 0 saturated carbocycles. The van der Waals surface area contributed by atoms with E-state index in [0.717, 1.165) is 17.3 Å². The fourth-order valence-corrected chi connectivity index (χ4v) is 2.54. The van der Waals surface area contributed by atoms with Gasteiger partial charge in [0.15, 0.2) is 0 Å². The van der Waals surface area contributed by atoms with E-state index < -0.39 is 0 Å². The fraction of sp³-hybridized carbons (Fsp3) is 0.571. The molecule has 1 aromatic rings. The zero-order valence-electron chi connectivity index (χ0n) is 10.7. The van der Waals surface area contributed by atoms with Crippen LogP contribution in [0.4, 0.5) is 5.69 Å². The van der Waals surface area contributed by atoms with Crippen molar-refractivity contribution in [3.63, 3.8) is 0 Å². The third-order valence-electron chi connectivity index (χ3n) is 3.52. The first kappa shape index (κ1) is 12.7. The number of aryl methyl sites for hydroxylation is 1. The number of nitrogens with one attached hydrogen (secondary N) is 1. The van der Waals surface area contributed by atoms with Gasteiger partial charge in [-0.15, -0.1) is 0 Å². The highest BCUT2D eigenvalue weighted by Gasteiger charge is 2.18. The van der Waals surface area contributed by atoms with Crippen LogP contribution in [0.15, 0.2) is 18.2 Å². The number of hydrogen-bond acceptors (Lipinski definition) is 2. The van der Waals surface area contributed by atoms with Gasteiger partial charge in [0.05, 0.1) is 10.7 Å². The van der Waals surface area contributed by atoms with Crippen LogP contribution < -0.4 is 5.32 Å². The van der Waals surface area contributed by atoms with Gasteiger partial charge in [-0.2, -0.15) is 0 Å². The van der Waals surface area contributed by atoms with Gasteiger partial charge in [-0.1, -0.05) is 24.6 Å². The van der Waals surface area contributed by atoms with Crippen molar-refractivity contribution in [3.05, 3.63) is 28.8 Å². The minimum atomic E-state index is 0.567. The number of hydrogen-bond donors (Lipinski definition) is 1. The van der Waals surface area contributed by atoms with Gasteiger partial charge in [0, 0.05) is 19.1 Å². The van der Waals surface area contributed by atoms with E-state index in [0.29, 0.717) is 6.04 Å². The van der Waals surface area contributed by atoms with Crippen molar-refractivity contribution in [2.75, 3.05) is 25.0 Å². The number of anilines is 1. The Morgan fingerprint density at radius 3 is 2.71 bits per heavy atom. The molecule has 1 saturated heterocycles. The summed E-state index contributed by atoms with van der Waals surface area (Å²) in [5.74, 6) is 0. The molecule has 0 atom stereocenters. The summed E-state index contributed by atoms with van der Waals surface area (Å²) >= 11 is 6.20. The van der Waals surface area contributed by atoms with Crippen LogP contribution in [0.2, 0.25) is 5.02 Å². The molecular weight excluding hydrogens is 232 g/mol. The van der Waals surface area contributed by atoms with Gasteiger partial charge in [-0.25, -0.2) is 0 Å². The largest absolute Gasteiger partial charge is 0.381 e. The average molecular weight is 253 g/mol. The molecule has 0 aromatic heterocycles. The standard InChI is InChI=1S/C14H21ClN2/c1-3-17-8-6-12(7-9-17)16-14-10-11(2)4-5-13(14)15/h4-5,10,12,16H,3,6-9H2,1-2H3. The molecule has 3 heteroatoms. The first-order chi connectivity index (χ1) is 8.19. The molecular formula is C14H21ClN2. The maximum atomic E-state index is 6.20. The zero-order chi connectivity index (χ0) is 12.3. The molecule has 0 radical (unpaired) electrons. The highest BCUT2D eigenvalue weighted by molar-refractivity contribution is 6.33. The van der Waals surface area contributed by atoms with Crippen LogP contribution >= 0.6 is 11.6 Å². The monoisotopic (exact) mass is 252 g/mol.